The van der Waals surface area contributed by atoms with Gasteiger partial charge in [0.05, 0.1) is 20.3 Å². The van der Waals surface area contributed by atoms with Gasteiger partial charge in [0.25, 0.3) is 5.91 Å². The van der Waals surface area contributed by atoms with E-state index < -0.39 is 6.10 Å². The van der Waals surface area contributed by atoms with Crippen LogP contribution < -0.4 is 19.5 Å². The number of carbonyl (C=O) groups excluding carboxylic acids is 1. The number of rotatable bonds is 7. The Morgan fingerprint density at radius 1 is 1.04 bits per heavy atom. The van der Waals surface area contributed by atoms with Crippen LogP contribution in [0.2, 0.25) is 5.02 Å². The molecule has 5 nitrogen and oxygen atoms in total. The van der Waals surface area contributed by atoms with E-state index in [0.717, 1.165) is 5.56 Å². The molecule has 0 radical (unpaired) electrons. The highest BCUT2D eigenvalue weighted by Gasteiger charge is 2.19. The maximum absolute atomic E-state index is 12.4. The number of halogens is 1. The number of hydrogen-bond acceptors (Lipinski definition) is 4. The summed E-state index contributed by atoms with van der Waals surface area (Å²) < 4.78 is 16.2. The number of ether oxygens (including phenoxy) is 3. The van der Waals surface area contributed by atoms with Crippen molar-refractivity contribution in [1.82, 2.24) is 5.32 Å². The number of amides is 1. The Labute approximate surface area is 152 Å². The van der Waals surface area contributed by atoms with Crippen molar-refractivity contribution < 1.29 is 19.0 Å². The van der Waals surface area contributed by atoms with E-state index in [0.29, 0.717) is 22.3 Å². The fraction of sp³-hybridized carbons (Fsp3) is 0.316. The summed E-state index contributed by atoms with van der Waals surface area (Å²) in [6.45, 7) is 3.59. The fourth-order valence-corrected chi connectivity index (χ4v) is 2.51. The average molecular weight is 364 g/mol. The van der Waals surface area contributed by atoms with Gasteiger partial charge in [-0.2, -0.15) is 0 Å². The van der Waals surface area contributed by atoms with Gasteiger partial charge in [0.1, 0.15) is 5.75 Å². The molecule has 0 aliphatic carbocycles. The average Bonchev–Trinajstić information content (AvgIpc) is 2.60. The van der Waals surface area contributed by atoms with Crippen molar-refractivity contribution in [3.63, 3.8) is 0 Å². The molecule has 0 saturated carbocycles. The summed E-state index contributed by atoms with van der Waals surface area (Å²) in [4.78, 5) is 12.4. The summed E-state index contributed by atoms with van der Waals surface area (Å²) in [5.74, 6) is 1.59. The second-order valence-corrected chi connectivity index (χ2v) is 6.00. The molecule has 25 heavy (non-hydrogen) atoms. The van der Waals surface area contributed by atoms with Gasteiger partial charge in [-0.25, -0.2) is 0 Å². The number of methoxy groups -OCH3 is 2. The second kappa shape index (κ2) is 8.62. The number of benzene rings is 2. The van der Waals surface area contributed by atoms with Crippen molar-refractivity contribution in [1.29, 1.82) is 0 Å². The lowest BCUT2D eigenvalue weighted by molar-refractivity contribution is -0.127. The van der Waals surface area contributed by atoms with Crippen LogP contribution in [0.5, 0.6) is 17.2 Å². The standard InChI is InChI=1S/C19H22ClNO4/c1-12(14-8-9-17(23-3)18(10-14)24-4)21-19(22)13(2)25-16-7-5-6-15(20)11-16/h5-13H,1-4H3,(H,21,22)/t12-,13-/m1/s1. The number of carbonyl (C=O) groups is 1. The van der Waals surface area contributed by atoms with Gasteiger partial charge in [0.2, 0.25) is 0 Å². The predicted octanol–water partition coefficient (Wildman–Crippen LogP) is 4.00. The van der Waals surface area contributed by atoms with Crippen LogP contribution >= 0.6 is 11.6 Å². The Morgan fingerprint density at radius 3 is 2.40 bits per heavy atom. The predicted molar refractivity (Wildman–Crippen MR) is 97.6 cm³/mol. The molecule has 0 heterocycles. The zero-order valence-electron chi connectivity index (χ0n) is 14.7. The smallest absolute Gasteiger partial charge is 0.261 e. The van der Waals surface area contributed by atoms with Crippen molar-refractivity contribution in [2.45, 2.75) is 26.0 Å². The fourth-order valence-electron chi connectivity index (χ4n) is 2.33. The van der Waals surface area contributed by atoms with Crippen molar-refractivity contribution in [2.75, 3.05) is 14.2 Å². The molecule has 0 aliphatic heterocycles. The molecule has 1 amide bonds. The van der Waals surface area contributed by atoms with Gasteiger partial charge in [-0.3, -0.25) is 4.79 Å². The zero-order valence-corrected chi connectivity index (χ0v) is 15.5. The molecule has 2 aromatic rings. The van der Waals surface area contributed by atoms with Gasteiger partial charge in [-0.1, -0.05) is 23.7 Å². The Balaban J connectivity index is 2.01. The SMILES string of the molecule is COc1ccc([C@@H](C)NC(=O)[C@@H](C)Oc2cccc(Cl)c2)cc1OC. The van der Waals surface area contributed by atoms with Crippen LogP contribution in [0.1, 0.15) is 25.5 Å². The van der Waals surface area contributed by atoms with Crippen molar-refractivity contribution in [3.05, 3.63) is 53.1 Å². The van der Waals surface area contributed by atoms with E-state index in [1.807, 2.05) is 25.1 Å². The van der Waals surface area contributed by atoms with Crippen LogP contribution in [0, 0.1) is 0 Å². The summed E-state index contributed by atoms with van der Waals surface area (Å²) in [7, 11) is 3.16. The van der Waals surface area contributed by atoms with Crippen molar-refractivity contribution in [2.24, 2.45) is 0 Å². The van der Waals surface area contributed by atoms with Gasteiger partial charge >= 0.3 is 0 Å². The first-order chi connectivity index (χ1) is 11.9. The third-order valence-corrected chi connectivity index (χ3v) is 3.98. The van der Waals surface area contributed by atoms with E-state index in [-0.39, 0.29) is 11.9 Å². The molecule has 1 N–H and O–H groups in total. The minimum atomic E-state index is -0.652. The largest absolute Gasteiger partial charge is 0.493 e. The highest BCUT2D eigenvalue weighted by Crippen LogP contribution is 2.30. The molecule has 0 fully saturated rings. The van der Waals surface area contributed by atoms with Crippen LogP contribution in [-0.2, 0) is 4.79 Å². The molecular weight excluding hydrogens is 342 g/mol. The lowest BCUT2D eigenvalue weighted by Gasteiger charge is -2.20. The maximum Gasteiger partial charge on any atom is 0.261 e. The third-order valence-electron chi connectivity index (χ3n) is 3.74. The van der Waals surface area contributed by atoms with Crippen LogP contribution in [0.25, 0.3) is 0 Å². The molecule has 0 unspecified atom stereocenters. The molecular formula is C19H22ClNO4. The molecule has 0 bridgehead atoms. The minimum Gasteiger partial charge on any atom is -0.493 e. The normalized spacial score (nSPS) is 12.8. The Kier molecular flexibility index (Phi) is 6.53. The van der Waals surface area contributed by atoms with Crippen molar-refractivity contribution in [3.8, 4) is 17.2 Å². The molecule has 0 saturated heterocycles. The minimum absolute atomic E-state index is 0.210. The monoisotopic (exact) mass is 363 g/mol. The molecule has 0 aromatic heterocycles. The molecule has 2 aromatic carbocycles. The molecule has 6 heteroatoms. The van der Waals surface area contributed by atoms with E-state index in [1.165, 1.54) is 0 Å². The van der Waals surface area contributed by atoms with E-state index in [9.17, 15) is 4.79 Å². The van der Waals surface area contributed by atoms with Gasteiger partial charge < -0.3 is 19.5 Å². The summed E-state index contributed by atoms with van der Waals surface area (Å²) >= 11 is 5.92. The number of hydrogen-bond donors (Lipinski definition) is 1. The van der Waals surface area contributed by atoms with E-state index in [4.69, 9.17) is 25.8 Å². The topological polar surface area (TPSA) is 56.8 Å². The van der Waals surface area contributed by atoms with Crippen molar-refractivity contribution >= 4 is 17.5 Å². The molecule has 0 spiro atoms. The Morgan fingerprint density at radius 2 is 1.76 bits per heavy atom. The molecule has 134 valence electrons. The first-order valence-electron chi connectivity index (χ1n) is 7.89. The van der Waals surface area contributed by atoms with Crippen LogP contribution in [0.4, 0.5) is 0 Å². The van der Waals surface area contributed by atoms with E-state index in [1.54, 1.807) is 45.4 Å². The summed E-state index contributed by atoms with van der Waals surface area (Å²) in [6, 6.07) is 12.3. The Hall–Kier alpha value is -2.40. The first kappa shape index (κ1) is 18.9. The van der Waals surface area contributed by atoms with Gasteiger partial charge in [-0.15, -0.1) is 0 Å². The quantitative estimate of drug-likeness (QED) is 0.807. The van der Waals surface area contributed by atoms with Crippen LogP contribution in [0.15, 0.2) is 42.5 Å². The third kappa shape index (κ3) is 5.03. The summed E-state index contributed by atoms with van der Waals surface area (Å²) in [5, 5.41) is 3.49. The summed E-state index contributed by atoms with van der Waals surface area (Å²) in [5.41, 5.74) is 0.904. The van der Waals surface area contributed by atoms with E-state index >= 15 is 0 Å². The van der Waals surface area contributed by atoms with Gasteiger partial charge in [-0.05, 0) is 49.7 Å². The van der Waals surface area contributed by atoms with Crippen LogP contribution in [0.3, 0.4) is 0 Å². The number of nitrogens with one attached hydrogen (secondary N) is 1. The van der Waals surface area contributed by atoms with Gasteiger partial charge in [0, 0.05) is 5.02 Å². The second-order valence-electron chi connectivity index (χ2n) is 5.56. The lowest BCUT2D eigenvalue weighted by Crippen LogP contribution is -2.37. The Bertz CT molecular complexity index is 735. The maximum atomic E-state index is 12.4. The van der Waals surface area contributed by atoms with E-state index in [2.05, 4.69) is 5.32 Å². The highest BCUT2D eigenvalue weighted by atomic mass is 35.5. The van der Waals surface area contributed by atoms with Gasteiger partial charge in [0.15, 0.2) is 17.6 Å². The summed E-state index contributed by atoms with van der Waals surface area (Å²) in [6.07, 6.45) is -0.652. The highest BCUT2D eigenvalue weighted by molar-refractivity contribution is 6.30. The zero-order chi connectivity index (χ0) is 18.4. The molecule has 2 atom stereocenters. The molecule has 0 aliphatic rings. The molecule has 2 rings (SSSR count). The first-order valence-corrected chi connectivity index (χ1v) is 8.27. The van der Waals surface area contributed by atoms with Crippen LogP contribution in [-0.4, -0.2) is 26.2 Å². The lowest BCUT2D eigenvalue weighted by atomic mass is 10.1.